The monoisotopic (exact) mass is 431 g/mol. The van der Waals surface area contributed by atoms with Crippen molar-refractivity contribution in [3.05, 3.63) is 75.5 Å². The van der Waals surface area contributed by atoms with Gasteiger partial charge in [0.25, 0.3) is 11.5 Å². The van der Waals surface area contributed by atoms with E-state index in [1.807, 2.05) is 19.9 Å². The van der Waals surface area contributed by atoms with Crippen LogP contribution in [0.1, 0.15) is 27.4 Å². The zero-order chi connectivity index (χ0) is 23.0. The Hall–Kier alpha value is -4.27. The number of imide groups is 1. The molecule has 0 bridgehead atoms. The minimum absolute atomic E-state index is 0.192. The predicted molar refractivity (Wildman–Crippen MR) is 120 cm³/mol. The summed E-state index contributed by atoms with van der Waals surface area (Å²) in [5, 5.41) is 9.13. The summed E-state index contributed by atoms with van der Waals surface area (Å²) in [5.41, 5.74) is 3.50. The number of rotatable bonds is 3. The van der Waals surface area contributed by atoms with Crippen LogP contribution in [0.15, 0.2) is 51.9 Å². The van der Waals surface area contributed by atoms with E-state index < -0.39 is 11.9 Å². The summed E-state index contributed by atoms with van der Waals surface area (Å²) < 4.78 is 6.45. The van der Waals surface area contributed by atoms with Gasteiger partial charge in [-0.1, -0.05) is 11.2 Å². The first-order valence-corrected chi connectivity index (χ1v) is 9.86. The molecule has 0 aliphatic carbocycles. The van der Waals surface area contributed by atoms with Gasteiger partial charge in [0.1, 0.15) is 5.76 Å². The number of pyridine rings is 2. The average Bonchev–Trinajstić information content (AvgIpc) is 3.15. The smallest absolute Gasteiger partial charge is 0.327 e. The van der Waals surface area contributed by atoms with Crippen molar-refractivity contribution in [2.45, 2.75) is 20.8 Å². The van der Waals surface area contributed by atoms with E-state index in [0.29, 0.717) is 16.9 Å². The minimum atomic E-state index is -0.742. The molecule has 0 atom stereocenters. The molecule has 0 spiro atoms. The maximum absolute atomic E-state index is 13.1. The molecule has 4 aromatic rings. The molecule has 162 valence electrons. The number of aromatic nitrogens is 3. The number of hydrogen-bond donors (Lipinski definition) is 2. The second kappa shape index (κ2) is 8.10. The number of anilines is 1. The van der Waals surface area contributed by atoms with Crippen molar-refractivity contribution in [2.24, 2.45) is 7.05 Å². The molecule has 0 aliphatic heterocycles. The SMILES string of the molecule is Cc1cc2c(cn1)cc(-c1cc(C(=O)NC(=O)Nc3cc(C)on3)ccc1C)c(=O)n2C. The van der Waals surface area contributed by atoms with Crippen LogP contribution in [0.3, 0.4) is 0 Å². The van der Waals surface area contributed by atoms with Gasteiger partial charge in [-0.05, 0) is 56.2 Å². The van der Waals surface area contributed by atoms with Crippen LogP contribution in [-0.4, -0.2) is 26.6 Å². The van der Waals surface area contributed by atoms with Crippen LogP contribution in [0.4, 0.5) is 10.6 Å². The van der Waals surface area contributed by atoms with E-state index in [-0.39, 0.29) is 16.9 Å². The molecular weight excluding hydrogens is 410 g/mol. The summed E-state index contributed by atoms with van der Waals surface area (Å²) in [6.45, 7) is 5.40. The number of aryl methyl sites for hydroxylation is 4. The number of nitrogens with one attached hydrogen (secondary N) is 2. The summed E-state index contributed by atoms with van der Waals surface area (Å²) in [6.07, 6.45) is 1.72. The topological polar surface area (TPSA) is 119 Å². The van der Waals surface area contributed by atoms with Crippen LogP contribution in [0.25, 0.3) is 22.0 Å². The van der Waals surface area contributed by atoms with Gasteiger partial charge >= 0.3 is 6.03 Å². The molecule has 2 N–H and O–H groups in total. The summed E-state index contributed by atoms with van der Waals surface area (Å²) in [4.78, 5) is 42.1. The fourth-order valence-corrected chi connectivity index (χ4v) is 3.46. The van der Waals surface area contributed by atoms with Gasteiger partial charge in [-0.3, -0.25) is 25.2 Å². The molecule has 4 rings (SSSR count). The Morgan fingerprint density at radius 2 is 1.81 bits per heavy atom. The van der Waals surface area contributed by atoms with Gasteiger partial charge in [0.05, 0.1) is 5.52 Å². The van der Waals surface area contributed by atoms with E-state index in [4.69, 9.17) is 4.52 Å². The van der Waals surface area contributed by atoms with E-state index in [1.165, 1.54) is 6.07 Å². The first kappa shape index (κ1) is 21.0. The minimum Gasteiger partial charge on any atom is -0.360 e. The summed E-state index contributed by atoms with van der Waals surface area (Å²) in [6, 6.07) is 9.34. The largest absolute Gasteiger partial charge is 0.360 e. The molecule has 3 heterocycles. The Morgan fingerprint density at radius 3 is 2.53 bits per heavy atom. The van der Waals surface area contributed by atoms with Gasteiger partial charge in [0, 0.05) is 41.5 Å². The molecule has 9 nitrogen and oxygen atoms in total. The number of carbonyl (C=O) groups is 2. The number of benzene rings is 1. The van der Waals surface area contributed by atoms with Crippen LogP contribution < -0.4 is 16.2 Å². The Bertz CT molecular complexity index is 1430. The van der Waals surface area contributed by atoms with Crippen molar-refractivity contribution in [2.75, 3.05) is 5.32 Å². The first-order chi connectivity index (χ1) is 15.2. The van der Waals surface area contributed by atoms with Crippen molar-refractivity contribution in [3.63, 3.8) is 0 Å². The van der Waals surface area contributed by atoms with E-state index in [0.717, 1.165) is 22.2 Å². The number of amides is 3. The molecule has 0 fully saturated rings. The number of urea groups is 1. The third kappa shape index (κ3) is 4.00. The van der Waals surface area contributed by atoms with E-state index in [1.54, 1.807) is 49.0 Å². The van der Waals surface area contributed by atoms with Gasteiger partial charge < -0.3 is 9.09 Å². The molecule has 0 saturated carbocycles. The third-order valence-corrected chi connectivity index (χ3v) is 5.13. The van der Waals surface area contributed by atoms with Crippen LogP contribution in [0.5, 0.6) is 0 Å². The quantitative estimate of drug-likeness (QED) is 0.513. The Labute approximate surface area is 183 Å². The van der Waals surface area contributed by atoms with E-state index in [9.17, 15) is 14.4 Å². The molecular formula is C23H21N5O4. The molecule has 0 saturated heterocycles. The second-order valence-electron chi connectivity index (χ2n) is 7.57. The Morgan fingerprint density at radius 1 is 1.03 bits per heavy atom. The standard InChI is InChI=1S/C23H21N5O4/c1-12-5-6-15(21(29)26-23(31)25-20-8-14(3)32-27-20)9-17(12)18-10-16-11-24-13(2)7-19(16)28(4)22(18)30/h5-11H,1-4H3,(H2,25,26,27,29,31). The number of carbonyl (C=O) groups excluding carboxylic acids is 2. The van der Waals surface area contributed by atoms with Crippen molar-refractivity contribution in [3.8, 4) is 11.1 Å². The molecule has 3 amide bonds. The zero-order valence-corrected chi connectivity index (χ0v) is 18.0. The predicted octanol–water partition coefficient (Wildman–Crippen LogP) is 3.48. The van der Waals surface area contributed by atoms with Crippen molar-refractivity contribution >= 4 is 28.7 Å². The third-order valence-electron chi connectivity index (χ3n) is 5.13. The molecule has 1 aromatic carbocycles. The fraction of sp³-hybridized carbons (Fsp3) is 0.174. The molecule has 0 radical (unpaired) electrons. The number of fused-ring (bicyclic) bond motifs is 1. The molecule has 3 aromatic heterocycles. The highest BCUT2D eigenvalue weighted by molar-refractivity contribution is 6.08. The maximum atomic E-state index is 13.1. The second-order valence-corrected chi connectivity index (χ2v) is 7.57. The fourth-order valence-electron chi connectivity index (χ4n) is 3.46. The average molecular weight is 431 g/mol. The van der Waals surface area contributed by atoms with Crippen molar-refractivity contribution in [1.82, 2.24) is 20.0 Å². The summed E-state index contributed by atoms with van der Waals surface area (Å²) >= 11 is 0. The maximum Gasteiger partial charge on any atom is 0.327 e. The number of nitrogens with zero attached hydrogens (tertiary/aromatic N) is 3. The lowest BCUT2D eigenvalue weighted by Crippen LogP contribution is -2.34. The highest BCUT2D eigenvalue weighted by Gasteiger charge is 2.16. The van der Waals surface area contributed by atoms with Crippen LogP contribution in [0, 0.1) is 20.8 Å². The molecule has 32 heavy (non-hydrogen) atoms. The lowest BCUT2D eigenvalue weighted by molar-refractivity contribution is 0.0967. The van der Waals surface area contributed by atoms with E-state index >= 15 is 0 Å². The zero-order valence-electron chi connectivity index (χ0n) is 18.0. The lowest BCUT2D eigenvalue weighted by atomic mass is 9.97. The van der Waals surface area contributed by atoms with Gasteiger partial charge in [-0.25, -0.2) is 4.79 Å². The molecule has 9 heteroatoms. The highest BCUT2D eigenvalue weighted by Crippen LogP contribution is 2.25. The van der Waals surface area contributed by atoms with Gasteiger partial charge in [0.2, 0.25) is 0 Å². The van der Waals surface area contributed by atoms with E-state index in [2.05, 4.69) is 20.8 Å². The van der Waals surface area contributed by atoms with Gasteiger partial charge in [-0.2, -0.15) is 0 Å². The lowest BCUT2D eigenvalue weighted by Gasteiger charge is -2.12. The molecule has 0 aliphatic rings. The normalized spacial score (nSPS) is 10.9. The summed E-state index contributed by atoms with van der Waals surface area (Å²) in [7, 11) is 1.70. The van der Waals surface area contributed by atoms with Gasteiger partial charge in [0.15, 0.2) is 5.82 Å². The Kier molecular flexibility index (Phi) is 5.31. The molecule has 0 unspecified atom stereocenters. The van der Waals surface area contributed by atoms with Crippen LogP contribution >= 0.6 is 0 Å². The van der Waals surface area contributed by atoms with Crippen molar-refractivity contribution < 1.29 is 14.1 Å². The summed E-state index contributed by atoms with van der Waals surface area (Å²) in [5.74, 6) is 0.108. The number of hydrogen-bond acceptors (Lipinski definition) is 6. The van der Waals surface area contributed by atoms with Crippen LogP contribution in [-0.2, 0) is 7.05 Å². The van der Waals surface area contributed by atoms with Crippen molar-refractivity contribution in [1.29, 1.82) is 0 Å². The highest BCUT2D eigenvalue weighted by atomic mass is 16.5. The Balaban J connectivity index is 1.66. The first-order valence-electron chi connectivity index (χ1n) is 9.86. The van der Waals surface area contributed by atoms with Crippen LogP contribution in [0.2, 0.25) is 0 Å². The van der Waals surface area contributed by atoms with Gasteiger partial charge in [-0.15, -0.1) is 0 Å².